The predicted molar refractivity (Wildman–Crippen MR) is 60.9 cm³/mol. The number of hydrogen-bond acceptors (Lipinski definition) is 4. The molecule has 4 nitrogen and oxygen atoms in total. The Kier molecular flexibility index (Phi) is 3.30. The van der Waals surface area contributed by atoms with Gasteiger partial charge in [0, 0.05) is 25.7 Å². The van der Waals surface area contributed by atoms with E-state index in [0.717, 1.165) is 32.7 Å². The van der Waals surface area contributed by atoms with Gasteiger partial charge in [-0.05, 0) is 33.5 Å². The van der Waals surface area contributed by atoms with E-state index in [1.807, 2.05) is 0 Å². The number of hydrogen-bond donors (Lipinski definition) is 1. The molecular formula is C11H23N3O. The van der Waals surface area contributed by atoms with Crippen molar-refractivity contribution in [2.75, 3.05) is 46.9 Å². The Hall–Kier alpha value is -0.160. The zero-order valence-electron chi connectivity index (χ0n) is 9.91. The van der Waals surface area contributed by atoms with Crippen molar-refractivity contribution in [2.45, 2.75) is 24.4 Å². The van der Waals surface area contributed by atoms with Crippen molar-refractivity contribution in [3.8, 4) is 0 Å². The molecule has 0 aromatic heterocycles. The molecule has 15 heavy (non-hydrogen) atoms. The molecule has 0 aliphatic carbocycles. The molecule has 0 radical (unpaired) electrons. The number of likely N-dealkylation sites (tertiary alicyclic amines) is 1. The third-order valence-corrected chi connectivity index (χ3v) is 3.65. The molecule has 0 amide bonds. The first-order valence-electron chi connectivity index (χ1n) is 5.84. The van der Waals surface area contributed by atoms with Crippen molar-refractivity contribution in [3.05, 3.63) is 0 Å². The minimum absolute atomic E-state index is 0.0821. The number of rotatable bonds is 3. The van der Waals surface area contributed by atoms with Crippen LogP contribution < -0.4 is 5.73 Å². The lowest BCUT2D eigenvalue weighted by atomic mass is 10.00. The molecule has 88 valence electrons. The van der Waals surface area contributed by atoms with Gasteiger partial charge in [0.25, 0.3) is 0 Å². The highest BCUT2D eigenvalue weighted by Gasteiger charge is 2.35. The number of nitrogens with two attached hydrogens (primary N) is 1. The molecule has 2 atom stereocenters. The second kappa shape index (κ2) is 4.37. The van der Waals surface area contributed by atoms with Crippen molar-refractivity contribution < 1.29 is 4.74 Å². The van der Waals surface area contributed by atoms with E-state index >= 15 is 0 Å². The third-order valence-electron chi connectivity index (χ3n) is 3.65. The Labute approximate surface area is 92.4 Å². The van der Waals surface area contributed by atoms with Crippen molar-refractivity contribution in [1.82, 2.24) is 9.80 Å². The van der Waals surface area contributed by atoms with E-state index in [2.05, 4.69) is 23.9 Å². The highest BCUT2D eigenvalue weighted by Crippen LogP contribution is 2.20. The summed E-state index contributed by atoms with van der Waals surface area (Å²) in [6, 6.07) is 0.705. The quantitative estimate of drug-likeness (QED) is 0.701. The molecular weight excluding hydrogens is 190 g/mol. The summed E-state index contributed by atoms with van der Waals surface area (Å²) in [7, 11) is 4.32. The normalized spacial score (nSPS) is 38.0. The molecule has 2 fully saturated rings. The molecule has 4 heteroatoms. The maximum atomic E-state index is 6.28. The van der Waals surface area contributed by atoms with Gasteiger partial charge in [0.05, 0.1) is 12.1 Å². The summed E-state index contributed by atoms with van der Waals surface area (Å²) in [4.78, 5) is 4.80. The summed E-state index contributed by atoms with van der Waals surface area (Å²) in [5.74, 6) is 0. The van der Waals surface area contributed by atoms with Crippen molar-refractivity contribution >= 4 is 0 Å². The number of likely N-dealkylation sites (N-methyl/N-ethyl adjacent to an activating group) is 1. The largest absolute Gasteiger partial charge is 0.379 e. The summed E-state index contributed by atoms with van der Waals surface area (Å²) in [5.41, 5.74) is 6.20. The first kappa shape index (κ1) is 11.3. The summed E-state index contributed by atoms with van der Waals surface area (Å²) < 4.78 is 5.38. The third kappa shape index (κ3) is 2.69. The monoisotopic (exact) mass is 213 g/mol. The first-order chi connectivity index (χ1) is 7.09. The molecule has 0 bridgehead atoms. The fourth-order valence-corrected chi connectivity index (χ4v) is 2.57. The second-order valence-corrected chi connectivity index (χ2v) is 5.31. The van der Waals surface area contributed by atoms with E-state index < -0.39 is 0 Å². The van der Waals surface area contributed by atoms with Crippen molar-refractivity contribution in [3.63, 3.8) is 0 Å². The van der Waals surface area contributed by atoms with Crippen LogP contribution >= 0.6 is 0 Å². The number of nitrogens with zero attached hydrogens (tertiary/aromatic N) is 2. The topological polar surface area (TPSA) is 41.7 Å². The molecule has 2 aliphatic rings. The molecule has 2 unspecified atom stereocenters. The van der Waals surface area contributed by atoms with Gasteiger partial charge in [-0.15, -0.1) is 0 Å². The zero-order chi connectivity index (χ0) is 10.9. The van der Waals surface area contributed by atoms with Crippen molar-refractivity contribution in [2.24, 2.45) is 5.73 Å². The molecule has 2 rings (SSSR count). The van der Waals surface area contributed by atoms with Gasteiger partial charge < -0.3 is 15.4 Å². The summed E-state index contributed by atoms with van der Waals surface area (Å²) in [6.45, 7) is 4.91. The van der Waals surface area contributed by atoms with Gasteiger partial charge in [-0.1, -0.05) is 0 Å². The average Bonchev–Trinajstić information content (AvgIpc) is 2.75. The molecule has 2 saturated heterocycles. The fraction of sp³-hybridized carbons (Fsp3) is 1.00. The summed E-state index contributed by atoms with van der Waals surface area (Å²) >= 11 is 0. The Bertz CT molecular complexity index is 214. The average molecular weight is 213 g/mol. The van der Waals surface area contributed by atoms with Gasteiger partial charge in [0.2, 0.25) is 0 Å². The van der Waals surface area contributed by atoms with Crippen LogP contribution in [0, 0.1) is 0 Å². The van der Waals surface area contributed by atoms with Crippen LogP contribution in [-0.4, -0.2) is 68.3 Å². The predicted octanol–water partition coefficient (Wildman–Crippen LogP) is -0.260. The Balaban J connectivity index is 1.81. The van der Waals surface area contributed by atoms with E-state index in [0.29, 0.717) is 6.04 Å². The second-order valence-electron chi connectivity index (χ2n) is 5.31. The molecule has 0 saturated carbocycles. The van der Waals surface area contributed by atoms with Crippen LogP contribution in [0.25, 0.3) is 0 Å². The van der Waals surface area contributed by atoms with Gasteiger partial charge in [-0.25, -0.2) is 0 Å². The molecule has 0 aromatic carbocycles. The summed E-state index contributed by atoms with van der Waals surface area (Å²) in [5, 5.41) is 0. The number of ether oxygens (including phenoxy) is 1. The molecule has 2 aliphatic heterocycles. The molecule has 2 heterocycles. The van der Waals surface area contributed by atoms with E-state index in [9.17, 15) is 0 Å². The highest BCUT2D eigenvalue weighted by atomic mass is 16.5. The Morgan fingerprint density at radius 3 is 2.87 bits per heavy atom. The lowest BCUT2D eigenvalue weighted by molar-refractivity contribution is 0.158. The molecule has 2 N–H and O–H groups in total. The lowest BCUT2D eigenvalue weighted by Crippen LogP contribution is -2.50. The maximum Gasteiger partial charge on any atom is 0.0659 e. The lowest BCUT2D eigenvalue weighted by Gasteiger charge is -2.28. The van der Waals surface area contributed by atoms with Gasteiger partial charge in [0.1, 0.15) is 0 Å². The van der Waals surface area contributed by atoms with E-state index in [1.54, 1.807) is 0 Å². The van der Waals surface area contributed by atoms with Crippen LogP contribution in [0.5, 0.6) is 0 Å². The van der Waals surface area contributed by atoms with E-state index in [4.69, 9.17) is 10.5 Å². The van der Waals surface area contributed by atoms with Gasteiger partial charge in [-0.2, -0.15) is 0 Å². The Morgan fingerprint density at radius 1 is 1.53 bits per heavy atom. The maximum absolute atomic E-state index is 6.28. The molecule has 0 spiro atoms. The van der Waals surface area contributed by atoms with Crippen LogP contribution in [0.15, 0.2) is 0 Å². The van der Waals surface area contributed by atoms with Crippen LogP contribution in [0.3, 0.4) is 0 Å². The SMILES string of the molecule is CN(C)C1CCN(CC2(N)CCOC2)C1. The highest BCUT2D eigenvalue weighted by molar-refractivity contribution is 4.93. The Morgan fingerprint density at radius 2 is 2.33 bits per heavy atom. The fourth-order valence-electron chi connectivity index (χ4n) is 2.57. The van der Waals surface area contributed by atoms with Crippen molar-refractivity contribution in [1.29, 1.82) is 0 Å². The minimum atomic E-state index is -0.0821. The van der Waals surface area contributed by atoms with Gasteiger partial charge >= 0.3 is 0 Å². The van der Waals surface area contributed by atoms with Crippen LogP contribution in [0.1, 0.15) is 12.8 Å². The van der Waals surface area contributed by atoms with Crippen LogP contribution in [0.4, 0.5) is 0 Å². The van der Waals surface area contributed by atoms with E-state index in [1.165, 1.54) is 13.0 Å². The van der Waals surface area contributed by atoms with Crippen LogP contribution in [0.2, 0.25) is 0 Å². The van der Waals surface area contributed by atoms with Crippen LogP contribution in [-0.2, 0) is 4.74 Å². The zero-order valence-corrected chi connectivity index (χ0v) is 9.91. The standard InChI is InChI=1S/C11H23N3O/c1-13(2)10-3-5-14(7-10)8-11(12)4-6-15-9-11/h10H,3-9,12H2,1-2H3. The van der Waals surface area contributed by atoms with E-state index in [-0.39, 0.29) is 5.54 Å². The first-order valence-corrected chi connectivity index (χ1v) is 5.84. The summed E-state index contributed by atoms with van der Waals surface area (Å²) in [6.07, 6.45) is 2.28. The smallest absolute Gasteiger partial charge is 0.0659 e. The van der Waals surface area contributed by atoms with Gasteiger partial charge in [-0.3, -0.25) is 4.90 Å². The molecule has 0 aromatic rings. The van der Waals surface area contributed by atoms with Gasteiger partial charge in [0.15, 0.2) is 0 Å². The minimum Gasteiger partial charge on any atom is -0.379 e.